The molecule has 0 saturated carbocycles. The van der Waals surface area contributed by atoms with E-state index in [0.717, 1.165) is 17.1 Å². The number of hydrogen-bond donors (Lipinski definition) is 0. The summed E-state index contributed by atoms with van der Waals surface area (Å²) in [6.07, 6.45) is 3.47. The lowest BCUT2D eigenvalue weighted by Gasteiger charge is -2.09. The molecule has 0 spiro atoms. The van der Waals surface area contributed by atoms with E-state index in [4.69, 9.17) is 14.0 Å². The van der Waals surface area contributed by atoms with E-state index in [9.17, 15) is 0 Å². The molecule has 0 aliphatic carbocycles. The smallest absolute Gasteiger partial charge is 0.237 e. The zero-order valence-electron chi connectivity index (χ0n) is 18.5. The Morgan fingerprint density at radius 2 is 1.76 bits per heavy atom. The first kappa shape index (κ1) is 21.7. The minimum absolute atomic E-state index is 0.417. The first-order valence-corrected chi connectivity index (χ1v) is 11.3. The molecule has 170 valence electrons. The Bertz CT molecular complexity index is 1390. The van der Waals surface area contributed by atoms with Crippen LogP contribution < -0.4 is 9.47 Å². The molecule has 5 rings (SSSR count). The third kappa shape index (κ3) is 4.35. The molecule has 0 aliphatic heterocycles. The van der Waals surface area contributed by atoms with Crippen LogP contribution in [0.5, 0.6) is 11.5 Å². The zero-order chi connectivity index (χ0) is 23.3. The number of aromatic nitrogens is 6. The molecule has 0 atom stereocenters. The van der Waals surface area contributed by atoms with Crippen molar-refractivity contribution in [2.24, 2.45) is 0 Å². The first-order valence-electron chi connectivity index (χ1n) is 10.4. The second-order valence-electron chi connectivity index (χ2n) is 7.08. The van der Waals surface area contributed by atoms with Crippen molar-refractivity contribution in [1.82, 2.24) is 29.9 Å². The summed E-state index contributed by atoms with van der Waals surface area (Å²) in [6.45, 7) is 0. The molecule has 10 heteroatoms. The molecule has 0 aliphatic rings. The second-order valence-corrected chi connectivity index (χ2v) is 8.02. The van der Waals surface area contributed by atoms with Crippen LogP contribution in [-0.2, 0) is 5.75 Å². The summed E-state index contributed by atoms with van der Waals surface area (Å²) < 4.78 is 18.3. The van der Waals surface area contributed by atoms with Crippen LogP contribution in [0.2, 0.25) is 0 Å². The van der Waals surface area contributed by atoms with Gasteiger partial charge in [-0.15, -0.1) is 10.2 Å². The van der Waals surface area contributed by atoms with Gasteiger partial charge in [0.2, 0.25) is 11.7 Å². The highest BCUT2D eigenvalue weighted by molar-refractivity contribution is 7.98. The van der Waals surface area contributed by atoms with E-state index < -0.39 is 0 Å². The quantitative estimate of drug-likeness (QED) is 0.298. The van der Waals surface area contributed by atoms with E-state index in [0.29, 0.717) is 39.7 Å². The highest BCUT2D eigenvalue weighted by Crippen LogP contribution is 2.33. The maximum atomic E-state index is 5.51. The molecular weight excluding hydrogens is 452 g/mol. The van der Waals surface area contributed by atoms with Gasteiger partial charge in [0.1, 0.15) is 11.5 Å². The normalized spacial score (nSPS) is 10.9. The third-order valence-corrected chi connectivity index (χ3v) is 5.94. The van der Waals surface area contributed by atoms with Crippen LogP contribution in [0.1, 0.15) is 5.89 Å². The number of ether oxygens (including phenoxy) is 2. The number of thioether (sulfide) groups is 1. The molecule has 3 aromatic heterocycles. The van der Waals surface area contributed by atoms with Crippen molar-refractivity contribution < 1.29 is 14.0 Å². The topological polar surface area (TPSA) is 101 Å². The van der Waals surface area contributed by atoms with Crippen molar-refractivity contribution in [3.8, 4) is 40.0 Å². The number of nitrogens with zero attached hydrogens (tertiary/aromatic N) is 6. The van der Waals surface area contributed by atoms with Gasteiger partial charge in [-0.25, -0.2) is 0 Å². The number of hydrogen-bond acceptors (Lipinski definition) is 9. The first-order chi connectivity index (χ1) is 16.8. The van der Waals surface area contributed by atoms with E-state index in [1.165, 1.54) is 11.8 Å². The molecule has 0 amide bonds. The highest BCUT2D eigenvalue weighted by Gasteiger charge is 2.19. The van der Waals surface area contributed by atoms with Crippen molar-refractivity contribution in [3.05, 3.63) is 78.9 Å². The second kappa shape index (κ2) is 9.75. The Hall–Kier alpha value is -4.18. The molecule has 0 fully saturated rings. The van der Waals surface area contributed by atoms with Crippen LogP contribution in [0.15, 0.2) is 82.7 Å². The number of pyridine rings is 1. The van der Waals surface area contributed by atoms with Gasteiger partial charge in [0.05, 0.1) is 25.5 Å². The van der Waals surface area contributed by atoms with Crippen LogP contribution in [0.25, 0.3) is 28.5 Å². The van der Waals surface area contributed by atoms with E-state index in [-0.39, 0.29) is 0 Å². The number of methoxy groups -OCH3 is 2. The number of rotatable bonds is 8. The third-order valence-electron chi connectivity index (χ3n) is 5.03. The molecule has 0 unspecified atom stereocenters. The Kier molecular flexibility index (Phi) is 6.21. The molecule has 3 heterocycles. The van der Waals surface area contributed by atoms with Gasteiger partial charge in [0.15, 0.2) is 11.0 Å². The van der Waals surface area contributed by atoms with Crippen LogP contribution in [0, 0.1) is 0 Å². The van der Waals surface area contributed by atoms with Crippen molar-refractivity contribution in [3.63, 3.8) is 0 Å². The fourth-order valence-electron chi connectivity index (χ4n) is 3.40. The summed E-state index contributed by atoms with van der Waals surface area (Å²) >= 11 is 1.46. The minimum Gasteiger partial charge on any atom is -0.497 e. The average Bonchev–Trinajstić information content (AvgIpc) is 3.55. The lowest BCUT2D eigenvalue weighted by Crippen LogP contribution is -1.99. The lowest BCUT2D eigenvalue weighted by molar-refractivity contribution is 0.389. The SMILES string of the molecule is COc1ccc(OC)c(-c2noc(CSc3nnc(-c4ccncc4)n3-c3ccccc3)n2)c1. The monoisotopic (exact) mass is 472 g/mol. The van der Waals surface area contributed by atoms with Crippen molar-refractivity contribution in [2.75, 3.05) is 14.2 Å². The fraction of sp³-hybridized carbons (Fsp3) is 0.125. The molecule has 0 radical (unpaired) electrons. The van der Waals surface area contributed by atoms with Gasteiger partial charge in [-0.3, -0.25) is 9.55 Å². The van der Waals surface area contributed by atoms with Gasteiger partial charge in [0.25, 0.3) is 0 Å². The van der Waals surface area contributed by atoms with E-state index in [1.54, 1.807) is 26.6 Å². The molecule has 5 aromatic rings. The summed E-state index contributed by atoms with van der Waals surface area (Å²) in [4.78, 5) is 8.65. The maximum absolute atomic E-state index is 5.51. The summed E-state index contributed by atoms with van der Waals surface area (Å²) in [6, 6.07) is 19.2. The van der Waals surface area contributed by atoms with Crippen LogP contribution in [0.4, 0.5) is 0 Å². The summed E-state index contributed by atoms with van der Waals surface area (Å²) in [5.74, 6) is 3.33. The van der Waals surface area contributed by atoms with Gasteiger partial charge in [-0.1, -0.05) is 35.1 Å². The molecule has 34 heavy (non-hydrogen) atoms. The van der Waals surface area contributed by atoms with E-state index in [1.807, 2.05) is 65.2 Å². The maximum Gasteiger partial charge on any atom is 0.237 e. The van der Waals surface area contributed by atoms with Crippen LogP contribution >= 0.6 is 11.8 Å². The molecule has 0 saturated heterocycles. The minimum atomic E-state index is 0.417. The Morgan fingerprint density at radius 1 is 0.941 bits per heavy atom. The highest BCUT2D eigenvalue weighted by atomic mass is 32.2. The van der Waals surface area contributed by atoms with Gasteiger partial charge < -0.3 is 14.0 Å². The predicted molar refractivity (Wildman–Crippen MR) is 127 cm³/mol. The Balaban J connectivity index is 1.43. The summed E-state index contributed by atoms with van der Waals surface area (Å²) in [5, 5.41) is 13.7. The summed E-state index contributed by atoms with van der Waals surface area (Å²) in [5.41, 5.74) is 2.56. The van der Waals surface area contributed by atoms with Gasteiger partial charge in [0, 0.05) is 23.6 Å². The van der Waals surface area contributed by atoms with Crippen LogP contribution in [0.3, 0.4) is 0 Å². The average molecular weight is 473 g/mol. The Labute approximate surface area is 199 Å². The molecule has 2 aromatic carbocycles. The lowest BCUT2D eigenvalue weighted by atomic mass is 10.2. The standard InChI is InChI=1S/C24H20N6O3S/c1-31-18-8-9-20(32-2)19(14-18)22-26-21(33-29-22)15-34-24-28-27-23(16-10-12-25-13-11-16)30(24)17-6-4-3-5-7-17/h3-14H,15H2,1-2H3. The van der Waals surface area contributed by atoms with Crippen LogP contribution in [-0.4, -0.2) is 44.1 Å². The molecular formula is C24H20N6O3S. The van der Waals surface area contributed by atoms with Gasteiger partial charge >= 0.3 is 0 Å². The largest absolute Gasteiger partial charge is 0.497 e. The molecule has 9 nitrogen and oxygen atoms in total. The van der Waals surface area contributed by atoms with Gasteiger partial charge in [-0.05, 0) is 42.5 Å². The molecule has 0 bridgehead atoms. The Morgan fingerprint density at radius 3 is 2.53 bits per heavy atom. The number of para-hydroxylation sites is 1. The van der Waals surface area contributed by atoms with Gasteiger partial charge in [-0.2, -0.15) is 4.98 Å². The fourth-order valence-corrected chi connectivity index (χ4v) is 4.19. The zero-order valence-corrected chi connectivity index (χ0v) is 19.3. The van der Waals surface area contributed by atoms with Crippen molar-refractivity contribution in [1.29, 1.82) is 0 Å². The predicted octanol–water partition coefficient (Wildman–Crippen LogP) is 4.69. The molecule has 0 N–H and O–H groups in total. The van der Waals surface area contributed by atoms with E-state index in [2.05, 4.69) is 25.3 Å². The van der Waals surface area contributed by atoms with E-state index >= 15 is 0 Å². The summed E-state index contributed by atoms with van der Waals surface area (Å²) in [7, 11) is 3.20. The number of benzene rings is 2. The van der Waals surface area contributed by atoms with Crippen molar-refractivity contribution in [2.45, 2.75) is 10.9 Å². The van der Waals surface area contributed by atoms with Crippen molar-refractivity contribution >= 4 is 11.8 Å².